The second-order valence-electron chi connectivity index (χ2n) is 7.22. The molecule has 3 aromatic carbocycles. The number of ether oxygens (including phenoxy) is 2. The van der Waals surface area contributed by atoms with E-state index in [4.69, 9.17) is 9.47 Å². The van der Waals surface area contributed by atoms with Gasteiger partial charge in [-0.2, -0.15) is 0 Å². The van der Waals surface area contributed by atoms with Gasteiger partial charge in [0.15, 0.2) is 12.4 Å². The minimum atomic E-state index is -3.89. The third kappa shape index (κ3) is 5.40. The summed E-state index contributed by atoms with van der Waals surface area (Å²) in [7, 11) is -1.000. The predicted octanol–water partition coefficient (Wildman–Crippen LogP) is 4.12. The molecule has 0 unspecified atom stereocenters. The van der Waals surface area contributed by atoms with E-state index in [2.05, 4.69) is 0 Å². The van der Waals surface area contributed by atoms with Crippen LogP contribution in [0.25, 0.3) is 0 Å². The zero-order chi connectivity index (χ0) is 24.0. The van der Waals surface area contributed by atoms with Gasteiger partial charge in [-0.25, -0.2) is 13.2 Å². The first-order valence-electron chi connectivity index (χ1n) is 10.3. The van der Waals surface area contributed by atoms with Crippen molar-refractivity contribution in [3.05, 3.63) is 89.5 Å². The Morgan fingerprint density at radius 3 is 2.09 bits per heavy atom. The number of rotatable bonds is 9. The summed E-state index contributed by atoms with van der Waals surface area (Å²) in [6.45, 7) is 1.62. The normalized spacial score (nSPS) is 11.0. The van der Waals surface area contributed by atoms with E-state index < -0.39 is 22.6 Å². The third-order valence-corrected chi connectivity index (χ3v) is 6.98. The SMILES string of the molecule is CCc1ccc(C(=O)COC(=O)c2ccc(S(=O)(=O)N(C)c3ccccc3OC)cc2)cc1. The van der Waals surface area contributed by atoms with E-state index in [1.807, 2.05) is 19.1 Å². The van der Waals surface area contributed by atoms with Crippen LogP contribution in [0.1, 0.15) is 33.2 Å². The fourth-order valence-electron chi connectivity index (χ4n) is 3.16. The molecule has 0 bridgehead atoms. The first-order chi connectivity index (χ1) is 15.8. The summed E-state index contributed by atoms with van der Waals surface area (Å²) in [4.78, 5) is 24.6. The zero-order valence-electron chi connectivity index (χ0n) is 18.6. The number of carbonyl (C=O) groups excluding carboxylic acids is 2. The van der Waals surface area contributed by atoms with Crippen LogP contribution in [0.15, 0.2) is 77.7 Å². The van der Waals surface area contributed by atoms with Crippen LogP contribution >= 0.6 is 0 Å². The minimum Gasteiger partial charge on any atom is -0.495 e. The number of ketones is 1. The minimum absolute atomic E-state index is 0.000420. The number of para-hydroxylation sites is 2. The molecule has 3 rings (SSSR count). The number of hydrogen-bond donors (Lipinski definition) is 0. The van der Waals surface area contributed by atoms with Crippen LogP contribution in [0, 0.1) is 0 Å². The largest absolute Gasteiger partial charge is 0.495 e. The van der Waals surface area contributed by atoms with Gasteiger partial charge in [0.05, 0.1) is 23.3 Å². The first kappa shape index (κ1) is 24.0. The lowest BCUT2D eigenvalue weighted by molar-refractivity contribution is 0.0474. The molecule has 0 heterocycles. The average molecular weight is 468 g/mol. The molecule has 33 heavy (non-hydrogen) atoms. The highest BCUT2D eigenvalue weighted by molar-refractivity contribution is 7.92. The monoisotopic (exact) mass is 467 g/mol. The van der Waals surface area contributed by atoms with Crippen LogP contribution < -0.4 is 9.04 Å². The van der Waals surface area contributed by atoms with Gasteiger partial charge in [-0.05, 0) is 48.4 Å². The van der Waals surface area contributed by atoms with E-state index in [-0.39, 0.29) is 16.2 Å². The molecular formula is C25H25NO6S. The van der Waals surface area contributed by atoms with Crippen LogP contribution in [0.4, 0.5) is 5.69 Å². The van der Waals surface area contributed by atoms with Crippen LogP contribution in [0.2, 0.25) is 0 Å². The Hall–Kier alpha value is -3.65. The molecule has 0 atom stereocenters. The molecule has 7 nitrogen and oxygen atoms in total. The van der Waals surface area contributed by atoms with Crippen molar-refractivity contribution in [1.82, 2.24) is 0 Å². The first-order valence-corrected chi connectivity index (χ1v) is 11.7. The molecule has 0 saturated carbocycles. The quantitative estimate of drug-likeness (QED) is 0.347. The van der Waals surface area contributed by atoms with Crippen molar-refractivity contribution in [3.8, 4) is 5.75 Å². The molecule has 0 spiro atoms. The van der Waals surface area contributed by atoms with E-state index in [0.29, 0.717) is 17.0 Å². The van der Waals surface area contributed by atoms with Gasteiger partial charge in [0.1, 0.15) is 5.75 Å². The lowest BCUT2D eigenvalue weighted by Gasteiger charge is -2.21. The Balaban J connectivity index is 1.68. The number of methoxy groups -OCH3 is 1. The maximum absolute atomic E-state index is 13.0. The van der Waals surface area contributed by atoms with Gasteiger partial charge in [-0.1, -0.05) is 43.3 Å². The fourth-order valence-corrected chi connectivity index (χ4v) is 4.37. The van der Waals surface area contributed by atoms with Crippen LogP contribution in [0.3, 0.4) is 0 Å². The molecule has 0 saturated heterocycles. The number of aryl methyl sites for hydroxylation is 1. The van der Waals surface area contributed by atoms with Crippen molar-refractivity contribution in [2.24, 2.45) is 0 Å². The number of esters is 1. The molecule has 0 aliphatic heterocycles. The van der Waals surface area contributed by atoms with Crippen molar-refractivity contribution in [3.63, 3.8) is 0 Å². The second kappa shape index (κ2) is 10.3. The summed E-state index contributed by atoms with van der Waals surface area (Å²) in [5, 5.41) is 0. The number of anilines is 1. The lowest BCUT2D eigenvalue weighted by Crippen LogP contribution is -2.27. The Labute approximate surface area is 193 Å². The Bertz CT molecular complexity index is 1230. The van der Waals surface area contributed by atoms with Crippen LogP contribution in [-0.2, 0) is 21.2 Å². The standard InChI is InChI=1S/C25H25NO6S/c1-4-18-9-11-19(12-10-18)23(27)17-32-25(28)20-13-15-21(16-14-20)33(29,30)26(2)22-7-5-6-8-24(22)31-3/h5-16H,4,17H2,1-3H3. The van der Waals surface area contributed by atoms with Crippen molar-refractivity contribution in [2.75, 3.05) is 25.1 Å². The summed E-state index contributed by atoms with van der Waals surface area (Å²) in [5.41, 5.74) is 2.09. The zero-order valence-corrected chi connectivity index (χ0v) is 19.5. The highest BCUT2D eigenvalue weighted by atomic mass is 32.2. The summed E-state index contributed by atoms with van der Waals surface area (Å²) in [5.74, 6) is -0.614. The van der Waals surface area contributed by atoms with Crippen molar-refractivity contribution in [1.29, 1.82) is 0 Å². The smallest absolute Gasteiger partial charge is 0.338 e. The molecule has 8 heteroatoms. The Kier molecular flexibility index (Phi) is 7.50. The van der Waals surface area contributed by atoms with Gasteiger partial charge >= 0.3 is 5.97 Å². The molecule has 0 aliphatic rings. The van der Waals surface area contributed by atoms with Gasteiger partial charge in [0, 0.05) is 12.6 Å². The summed E-state index contributed by atoms with van der Waals surface area (Å²) in [6, 6.07) is 19.2. The topological polar surface area (TPSA) is 90.0 Å². The Morgan fingerprint density at radius 2 is 1.48 bits per heavy atom. The van der Waals surface area contributed by atoms with Gasteiger partial charge in [-0.15, -0.1) is 0 Å². The number of nitrogens with zero attached hydrogens (tertiary/aromatic N) is 1. The molecule has 3 aromatic rings. The molecule has 0 aliphatic carbocycles. The number of benzene rings is 3. The molecule has 0 fully saturated rings. The van der Waals surface area contributed by atoms with E-state index in [9.17, 15) is 18.0 Å². The van der Waals surface area contributed by atoms with Gasteiger partial charge in [0.25, 0.3) is 10.0 Å². The third-order valence-electron chi connectivity index (χ3n) is 5.19. The van der Waals surface area contributed by atoms with E-state index in [1.54, 1.807) is 36.4 Å². The predicted molar refractivity (Wildman–Crippen MR) is 125 cm³/mol. The lowest BCUT2D eigenvalue weighted by atomic mass is 10.1. The summed E-state index contributed by atoms with van der Waals surface area (Å²) >= 11 is 0. The number of Topliss-reactive ketones (excluding diaryl/α,β-unsaturated/α-hetero) is 1. The number of carbonyl (C=O) groups is 2. The van der Waals surface area contributed by atoms with Gasteiger partial charge in [-0.3, -0.25) is 9.10 Å². The maximum atomic E-state index is 13.0. The number of hydrogen-bond acceptors (Lipinski definition) is 6. The van der Waals surface area contributed by atoms with E-state index in [1.165, 1.54) is 38.4 Å². The summed E-state index contributed by atoms with van der Waals surface area (Å²) < 4.78 is 37.5. The fraction of sp³-hybridized carbons (Fsp3) is 0.200. The van der Waals surface area contributed by atoms with Gasteiger partial charge in [0.2, 0.25) is 0 Å². The van der Waals surface area contributed by atoms with Crippen LogP contribution in [0.5, 0.6) is 5.75 Å². The molecule has 0 radical (unpaired) electrons. The van der Waals surface area contributed by atoms with Crippen molar-refractivity contribution < 1.29 is 27.5 Å². The molecule has 0 amide bonds. The highest BCUT2D eigenvalue weighted by Crippen LogP contribution is 2.30. The molecule has 172 valence electrons. The van der Waals surface area contributed by atoms with Crippen molar-refractivity contribution >= 4 is 27.5 Å². The van der Waals surface area contributed by atoms with E-state index >= 15 is 0 Å². The molecular weight excluding hydrogens is 442 g/mol. The Morgan fingerprint density at radius 1 is 0.879 bits per heavy atom. The average Bonchev–Trinajstić information content (AvgIpc) is 2.86. The van der Waals surface area contributed by atoms with Crippen LogP contribution in [-0.4, -0.2) is 40.9 Å². The van der Waals surface area contributed by atoms with Gasteiger partial charge < -0.3 is 9.47 Å². The summed E-state index contributed by atoms with van der Waals surface area (Å²) in [6.07, 6.45) is 0.865. The highest BCUT2D eigenvalue weighted by Gasteiger charge is 2.24. The molecule has 0 N–H and O–H groups in total. The van der Waals surface area contributed by atoms with Crippen molar-refractivity contribution in [2.45, 2.75) is 18.2 Å². The number of sulfonamides is 1. The van der Waals surface area contributed by atoms with E-state index in [0.717, 1.165) is 16.3 Å². The maximum Gasteiger partial charge on any atom is 0.338 e. The molecule has 0 aromatic heterocycles. The second-order valence-corrected chi connectivity index (χ2v) is 9.19.